The summed E-state index contributed by atoms with van der Waals surface area (Å²) >= 11 is 0. The number of ether oxygens (including phenoxy) is 3. The molecular weight excluding hydrogens is 172 g/mol. The summed E-state index contributed by atoms with van der Waals surface area (Å²) in [7, 11) is 1.57. The van der Waals surface area contributed by atoms with Gasteiger partial charge in [0.25, 0.3) is 0 Å². The van der Waals surface area contributed by atoms with Crippen LogP contribution in [0.1, 0.15) is 27.2 Å². The average Bonchev–Trinajstić information content (AvgIpc) is 2.27. The molecule has 1 heterocycles. The number of aliphatic hydroxyl groups is 1. The van der Waals surface area contributed by atoms with Crippen molar-refractivity contribution in [2.75, 3.05) is 7.11 Å². The van der Waals surface area contributed by atoms with E-state index in [2.05, 4.69) is 0 Å². The molecule has 0 radical (unpaired) electrons. The summed E-state index contributed by atoms with van der Waals surface area (Å²) < 4.78 is 15.9. The topological polar surface area (TPSA) is 47.9 Å². The molecule has 0 saturated carbocycles. The molecule has 3 atom stereocenters. The molecule has 0 aromatic carbocycles. The van der Waals surface area contributed by atoms with E-state index in [1.54, 1.807) is 21.0 Å². The molecule has 0 aromatic rings. The molecule has 1 unspecified atom stereocenters. The van der Waals surface area contributed by atoms with Crippen molar-refractivity contribution >= 4 is 0 Å². The first kappa shape index (κ1) is 10.9. The zero-order valence-electron chi connectivity index (χ0n) is 8.61. The van der Waals surface area contributed by atoms with Gasteiger partial charge in [0.2, 0.25) is 0 Å². The van der Waals surface area contributed by atoms with Crippen LogP contribution in [0, 0.1) is 0 Å². The highest BCUT2D eigenvalue weighted by molar-refractivity contribution is 4.76. The summed E-state index contributed by atoms with van der Waals surface area (Å²) in [5, 5.41) is 9.44. The molecule has 1 rings (SSSR count). The van der Waals surface area contributed by atoms with E-state index in [-0.39, 0.29) is 18.5 Å². The SMILES string of the molecule is CO[C@@H]1O[C@H](C)CC1OC(C)(C)O. The van der Waals surface area contributed by atoms with Crippen LogP contribution in [0.4, 0.5) is 0 Å². The minimum Gasteiger partial charge on any atom is -0.366 e. The molecule has 4 heteroatoms. The Morgan fingerprint density at radius 3 is 2.54 bits per heavy atom. The summed E-state index contributed by atoms with van der Waals surface area (Å²) in [6, 6.07) is 0. The molecule has 78 valence electrons. The number of hydrogen-bond acceptors (Lipinski definition) is 4. The summed E-state index contributed by atoms with van der Waals surface area (Å²) in [5.41, 5.74) is 0. The van der Waals surface area contributed by atoms with Gasteiger partial charge in [-0.15, -0.1) is 0 Å². The Balaban J connectivity index is 2.49. The minimum absolute atomic E-state index is 0.122. The Kier molecular flexibility index (Phi) is 3.29. The Bertz CT molecular complexity index is 163. The second-order valence-electron chi connectivity index (χ2n) is 3.89. The summed E-state index contributed by atoms with van der Waals surface area (Å²) in [6.07, 6.45) is 0.335. The van der Waals surface area contributed by atoms with Crippen LogP contribution in [0.2, 0.25) is 0 Å². The highest BCUT2D eigenvalue weighted by atomic mass is 16.7. The first-order valence-corrected chi connectivity index (χ1v) is 4.51. The van der Waals surface area contributed by atoms with Gasteiger partial charge in [0.15, 0.2) is 12.1 Å². The largest absolute Gasteiger partial charge is 0.366 e. The number of methoxy groups -OCH3 is 1. The average molecular weight is 190 g/mol. The molecule has 4 nitrogen and oxygen atoms in total. The predicted molar refractivity (Wildman–Crippen MR) is 47.1 cm³/mol. The lowest BCUT2D eigenvalue weighted by Crippen LogP contribution is -2.35. The first-order valence-electron chi connectivity index (χ1n) is 4.51. The molecule has 1 N–H and O–H groups in total. The van der Waals surface area contributed by atoms with Crippen LogP contribution in [-0.2, 0) is 14.2 Å². The van der Waals surface area contributed by atoms with Crippen molar-refractivity contribution in [3.05, 3.63) is 0 Å². The number of hydrogen-bond donors (Lipinski definition) is 1. The van der Waals surface area contributed by atoms with Crippen molar-refractivity contribution in [1.82, 2.24) is 0 Å². The Morgan fingerprint density at radius 2 is 2.08 bits per heavy atom. The lowest BCUT2D eigenvalue weighted by molar-refractivity contribution is -0.247. The van der Waals surface area contributed by atoms with Crippen LogP contribution in [-0.4, -0.2) is 36.5 Å². The summed E-state index contributed by atoms with van der Waals surface area (Å²) in [6.45, 7) is 5.16. The molecule has 1 fully saturated rings. The summed E-state index contributed by atoms with van der Waals surface area (Å²) in [5.74, 6) is -1.13. The van der Waals surface area contributed by atoms with Crippen molar-refractivity contribution < 1.29 is 19.3 Å². The molecule has 0 bridgehead atoms. The van der Waals surface area contributed by atoms with Gasteiger partial charge in [-0.1, -0.05) is 0 Å². The van der Waals surface area contributed by atoms with Gasteiger partial charge >= 0.3 is 0 Å². The van der Waals surface area contributed by atoms with Gasteiger partial charge in [0.05, 0.1) is 6.10 Å². The number of rotatable bonds is 3. The van der Waals surface area contributed by atoms with Crippen LogP contribution in [0.3, 0.4) is 0 Å². The zero-order chi connectivity index (χ0) is 10.1. The Hall–Kier alpha value is -0.160. The molecule has 0 aromatic heterocycles. The van der Waals surface area contributed by atoms with E-state index in [4.69, 9.17) is 14.2 Å². The normalized spacial score (nSPS) is 35.3. The molecular formula is C9H18O4. The Labute approximate surface area is 78.8 Å². The van der Waals surface area contributed by atoms with E-state index >= 15 is 0 Å². The van der Waals surface area contributed by atoms with Gasteiger partial charge in [-0.3, -0.25) is 0 Å². The quantitative estimate of drug-likeness (QED) is 0.671. The highest BCUT2D eigenvalue weighted by Crippen LogP contribution is 2.26. The fraction of sp³-hybridized carbons (Fsp3) is 1.00. The standard InChI is InChI=1S/C9H18O4/c1-6-5-7(8(11-4)12-6)13-9(2,3)10/h6-8,10H,5H2,1-4H3/t6-,7?,8-/m1/s1. The van der Waals surface area contributed by atoms with Gasteiger partial charge in [-0.05, 0) is 20.8 Å². The van der Waals surface area contributed by atoms with E-state index in [1.807, 2.05) is 6.92 Å². The van der Waals surface area contributed by atoms with Crippen LogP contribution < -0.4 is 0 Å². The third-order valence-electron chi connectivity index (χ3n) is 1.91. The molecule has 1 aliphatic rings. The fourth-order valence-electron chi connectivity index (χ4n) is 1.49. The second-order valence-corrected chi connectivity index (χ2v) is 3.89. The molecule has 0 aliphatic carbocycles. The van der Waals surface area contributed by atoms with Crippen molar-refractivity contribution in [3.63, 3.8) is 0 Å². The minimum atomic E-state index is -1.13. The van der Waals surface area contributed by atoms with Gasteiger partial charge in [0.1, 0.15) is 6.10 Å². The third-order valence-corrected chi connectivity index (χ3v) is 1.91. The second kappa shape index (κ2) is 3.92. The van der Waals surface area contributed by atoms with Crippen molar-refractivity contribution in [3.8, 4) is 0 Å². The van der Waals surface area contributed by atoms with Crippen LogP contribution in [0.15, 0.2) is 0 Å². The molecule has 0 spiro atoms. The maximum atomic E-state index is 9.44. The van der Waals surface area contributed by atoms with E-state index in [1.165, 1.54) is 0 Å². The highest BCUT2D eigenvalue weighted by Gasteiger charge is 2.36. The third kappa shape index (κ3) is 3.23. The molecule has 1 saturated heterocycles. The van der Waals surface area contributed by atoms with E-state index in [0.29, 0.717) is 0 Å². The smallest absolute Gasteiger partial charge is 0.183 e. The lowest BCUT2D eigenvalue weighted by atomic mass is 10.2. The van der Waals surface area contributed by atoms with E-state index in [0.717, 1.165) is 6.42 Å². The van der Waals surface area contributed by atoms with Gasteiger partial charge in [-0.25, -0.2) is 0 Å². The van der Waals surface area contributed by atoms with Gasteiger partial charge in [-0.2, -0.15) is 0 Å². The lowest BCUT2D eigenvalue weighted by Gasteiger charge is -2.25. The predicted octanol–water partition coefficient (Wildman–Crippen LogP) is 0.881. The first-order chi connectivity index (χ1) is 5.92. The molecule has 13 heavy (non-hydrogen) atoms. The van der Waals surface area contributed by atoms with Crippen molar-refractivity contribution in [2.24, 2.45) is 0 Å². The van der Waals surface area contributed by atoms with Crippen molar-refractivity contribution in [1.29, 1.82) is 0 Å². The van der Waals surface area contributed by atoms with Gasteiger partial charge < -0.3 is 19.3 Å². The van der Waals surface area contributed by atoms with Crippen molar-refractivity contribution in [2.45, 2.75) is 51.5 Å². The van der Waals surface area contributed by atoms with E-state index < -0.39 is 5.79 Å². The Morgan fingerprint density at radius 1 is 1.46 bits per heavy atom. The van der Waals surface area contributed by atoms with Gasteiger partial charge in [0, 0.05) is 13.5 Å². The zero-order valence-corrected chi connectivity index (χ0v) is 8.61. The maximum Gasteiger partial charge on any atom is 0.183 e. The monoisotopic (exact) mass is 190 g/mol. The van der Waals surface area contributed by atoms with Crippen LogP contribution in [0.25, 0.3) is 0 Å². The molecule has 0 amide bonds. The molecule has 1 aliphatic heterocycles. The maximum absolute atomic E-state index is 9.44. The van der Waals surface area contributed by atoms with Crippen LogP contribution in [0.5, 0.6) is 0 Å². The van der Waals surface area contributed by atoms with Crippen LogP contribution >= 0.6 is 0 Å². The fourth-order valence-corrected chi connectivity index (χ4v) is 1.49. The van der Waals surface area contributed by atoms with E-state index in [9.17, 15) is 5.11 Å². The summed E-state index contributed by atoms with van der Waals surface area (Å²) in [4.78, 5) is 0.